The molecule has 1 aliphatic heterocycles. The number of rotatable bonds is 5. The highest BCUT2D eigenvalue weighted by atomic mass is 16.2. The van der Waals surface area contributed by atoms with Gasteiger partial charge < -0.3 is 15.1 Å². The molecule has 0 saturated carbocycles. The van der Waals surface area contributed by atoms with Gasteiger partial charge in [0.1, 0.15) is 11.6 Å². The molecule has 1 aromatic heterocycles. The molecule has 2 heterocycles. The number of anilines is 1. The Bertz CT molecular complexity index is 611. The Balaban J connectivity index is 1.94. The van der Waals surface area contributed by atoms with Crippen LogP contribution >= 0.6 is 0 Å². The molecule has 2 rings (SSSR count). The van der Waals surface area contributed by atoms with Crippen LogP contribution in [0.5, 0.6) is 0 Å². The Morgan fingerprint density at radius 2 is 2.21 bits per heavy atom. The van der Waals surface area contributed by atoms with Crippen molar-refractivity contribution in [2.75, 3.05) is 31.6 Å². The number of carbonyl (C=O) groups excluding carboxylic acids is 2. The number of amides is 2. The maximum atomic E-state index is 12.1. The van der Waals surface area contributed by atoms with E-state index in [1.165, 1.54) is 11.0 Å². The van der Waals surface area contributed by atoms with Crippen LogP contribution < -0.4 is 10.2 Å². The van der Waals surface area contributed by atoms with Gasteiger partial charge in [0.25, 0.3) is 0 Å². The quantitative estimate of drug-likeness (QED) is 0.808. The molecule has 1 N–H and O–H groups in total. The van der Waals surface area contributed by atoms with Gasteiger partial charge in [-0.15, -0.1) is 0 Å². The topological polar surface area (TPSA) is 78.4 Å². The monoisotopic (exact) mass is 331 g/mol. The molecule has 2 amide bonds. The van der Waals surface area contributed by atoms with Crippen molar-refractivity contribution in [1.29, 1.82) is 0 Å². The third kappa shape index (κ3) is 4.78. The fourth-order valence-corrected chi connectivity index (χ4v) is 2.88. The lowest BCUT2D eigenvalue weighted by molar-refractivity contribution is -0.131. The average molecular weight is 331 g/mol. The highest BCUT2D eigenvalue weighted by molar-refractivity contribution is 5.90. The van der Waals surface area contributed by atoms with Crippen LogP contribution in [-0.4, -0.2) is 59.4 Å². The van der Waals surface area contributed by atoms with Crippen molar-refractivity contribution in [3.05, 3.63) is 30.2 Å². The van der Waals surface area contributed by atoms with Gasteiger partial charge in [-0.05, 0) is 32.8 Å². The van der Waals surface area contributed by atoms with Crippen LogP contribution in [0, 0.1) is 13.8 Å². The molecule has 24 heavy (non-hydrogen) atoms. The molecule has 0 spiro atoms. The molecule has 0 aliphatic carbocycles. The van der Waals surface area contributed by atoms with Gasteiger partial charge in [-0.2, -0.15) is 0 Å². The molecule has 7 heteroatoms. The number of hydrogen-bond acceptors (Lipinski definition) is 5. The number of likely N-dealkylation sites (N-methyl/N-ethyl adjacent to an activating group) is 1. The third-order valence-electron chi connectivity index (χ3n) is 3.99. The van der Waals surface area contributed by atoms with Crippen molar-refractivity contribution >= 4 is 17.6 Å². The van der Waals surface area contributed by atoms with Crippen molar-refractivity contribution in [3.8, 4) is 0 Å². The first-order valence-corrected chi connectivity index (χ1v) is 8.13. The second-order valence-corrected chi connectivity index (χ2v) is 6.17. The SMILES string of the molecule is C=CC(=O)N(C)CC(=O)NC1CCCN(c2cc(C)nc(C)n2)C1. The average Bonchev–Trinajstić information content (AvgIpc) is 2.53. The molecule has 1 unspecified atom stereocenters. The Morgan fingerprint density at radius 1 is 1.46 bits per heavy atom. The first kappa shape index (κ1) is 17.9. The second kappa shape index (κ2) is 7.90. The third-order valence-corrected chi connectivity index (χ3v) is 3.99. The molecule has 1 fully saturated rings. The van der Waals surface area contributed by atoms with E-state index in [-0.39, 0.29) is 24.4 Å². The van der Waals surface area contributed by atoms with E-state index in [0.29, 0.717) is 6.54 Å². The fourth-order valence-electron chi connectivity index (χ4n) is 2.88. The van der Waals surface area contributed by atoms with E-state index in [1.807, 2.05) is 19.9 Å². The Hall–Kier alpha value is -2.44. The van der Waals surface area contributed by atoms with Gasteiger partial charge in [0, 0.05) is 37.9 Å². The van der Waals surface area contributed by atoms with Gasteiger partial charge >= 0.3 is 0 Å². The van der Waals surface area contributed by atoms with E-state index in [9.17, 15) is 9.59 Å². The lowest BCUT2D eigenvalue weighted by Gasteiger charge is -2.34. The maximum absolute atomic E-state index is 12.1. The van der Waals surface area contributed by atoms with E-state index in [2.05, 4.69) is 26.8 Å². The number of nitrogens with one attached hydrogen (secondary N) is 1. The zero-order chi connectivity index (χ0) is 17.7. The van der Waals surface area contributed by atoms with E-state index in [1.54, 1.807) is 7.05 Å². The summed E-state index contributed by atoms with van der Waals surface area (Å²) in [6, 6.07) is 2.02. The van der Waals surface area contributed by atoms with Crippen LogP contribution in [0.4, 0.5) is 5.82 Å². The summed E-state index contributed by atoms with van der Waals surface area (Å²) < 4.78 is 0. The molecule has 0 aromatic carbocycles. The van der Waals surface area contributed by atoms with Crippen LogP contribution in [0.3, 0.4) is 0 Å². The van der Waals surface area contributed by atoms with Gasteiger partial charge in [-0.1, -0.05) is 6.58 Å². The van der Waals surface area contributed by atoms with E-state index < -0.39 is 0 Å². The largest absolute Gasteiger partial charge is 0.354 e. The van der Waals surface area contributed by atoms with E-state index in [4.69, 9.17) is 0 Å². The van der Waals surface area contributed by atoms with Crippen LogP contribution in [0.15, 0.2) is 18.7 Å². The smallest absolute Gasteiger partial charge is 0.246 e. The molecule has 1 atom stereocenters. The fraction of sp³-hybridized carbons (Fsp3) is 0.529. The molecule has 7 nitrogen and oxygen atoms in total. The lowest BCUT2D eigenvalue weighted by Crippen LogP contribution is -2.50. The highest BCUT2D eigenvalue weighted by Gasteiger charge is 2.23. The molecular formula is C17H25N5O2. The van der Waals surface area contributed by atoms with E-state index >= 15 is 0 Å². The summed E-state index contributed by atoms with van der Waals surface area (Å²) in [5.74, 6) is 1.23. The lowest BCUT2D eigenvalue weighted by atomic mass is 10.1. The van der Waals surface area contributed by atoms with Gasteiger partial charge in [0.15, 0.2) is 0 Å². The molecular weight excluding hydrogens is 306 g/mol. The number of piperidine rings is 1. The summed E-state index contributed by atoms with van der Waals surface area (Å²) in [6.07, 6.45) is 3.11. The molecule has 0 radical (unpaired) electrons. The minimum absolute atomic E-state index is 0.0348. The molecule has 1 saturated heterocycles. The zero-order valence-electron chi connectivity index (χ0n) is 14.6. The predicted molar refractivity (Wildman–Crippen MR) is 92.7 cm³/mol. The minimum Gasteiger partial charge on any atom is -0.354 e. The second-order valence-electron chi connectivity index (χ2n) is 6.17. The van der Waals surface area contributed by atoms with Gasteiger partial charge in [0.05, 0.1) is 6.54 Å². The Morgan fingerprint density at radius 3 is 2.88 bits per heavy atom. The van der Waals surface area contributed by atoms with Crippen LogP contribution in [0.25, 0.3) is 0 Å². The van der Waals surface area contributed by atoms with Crippen LogP contribution in [-0.2, 0) is 9.59 Å². The van der Waals surface area contributed by atoms with Crippen LogP contribution in [0.1, 0.15) is 24.4 Å². The van der Waals surface area contributed by atoms with Crippen LogP contribution in [0.2, 0.25) is 0 Å². The molecule has 1 aliphatic rings. The Labute approximate surface area is 142 Å². The standard InChI is InChI=1S/C17H25N5O2/c1-5-17(24)21(4)11-16(23)20-14-7-6-8-22(10-14)15-9-12(2)18-13(3)19-15/h5,9,14H,1,6-8,10-11H2,2-4H3,(H,20,23). The summed E-state index contributed by atoms with van der Waals surface area (Å²) in [6.45, 7) is 8.91. The molecule has 0 bridgehead atoms. The maximum Gasteiger partial charge on any atom is 0.246 e. The molecule has 1 aromatic rings. The number of aromatic nitrogens is 2. The van der Waals surface area contributed by atoms with E-state index in [0.717, 1.165) is 36.7 Å². The summed E-state index contributed by atoms with van der Waals surface area (Å²) in [5, 5.41) is 3.01. The number of hydrogen-bond donors (Lipinski definition) is 1. The van der Waals surface area contributed by atoms with Crippen molar-refractivity contribution < 1.29 is 9.59 Å². The Kier molecular flexibility index (Phi) is 5.89. The van der Waals surface area contributed by atoms with Gasteiger partial charge in [-0.25, -0.2) is 9.97 Å². The zero-order valence-corrected chi connectivity index (χ0v) is 14.6. The first-order valence-electron chi connectivity index (χ1n) is 8.13. The summed E-state index contributed by atoms with van der Waals surface area (Å²) in [4.78, 5) is 35.9. The van der Waals surface area contributed by atoms with Crippen molar-refractivity contribution in [2.45, 2.75) is 32.7 Å². The van der Waals surface area contributed by atoms with Gasteiger partial charge in [-0.3, -0.25) is 9.59 Å². The number of aryl methyl sites for hydroxylation is 2. The van der Waals surface area contributed by atoms with Crippen molar-refractivity contribution in [1.82, 2.24) is 20.2 Å². The molecule has 130 valence electrons. The minimum atomic E-state index is -0.262. The summed E-state index contributed by atoms with van der Waals surface area (Å²) >= 11 is 0. The highest BCUT2D eigenvalue weighted by Crippen LogP contribution is 2.18. The van der Waals surface area contributed by atoms with Crippen molar-refractivity contribution in [3.63, 3.8) is 0 Å². The first-order chi connectivity index (χ1) is 11.4. The summed E-state index contributed by atoms with van der Waals surface area (Å²) in [5.41, 5.74) is 0.938. The normalized spacial score (nSPS) is 17.3. The van der Waals surface area contributed by atoms with Crippen molar-refractivity contribution in [2.24, 2.45) is 0 Å². The number of nitrogens with zero attached hydrogens (tertiary/aromatic N) is 4. The number of carbonyl (C=O) groups is 2. The summed E-state index contributed by atoms with van der Waals surface area (Å²) in [7, 11) is 1.59. The van der Waals surface area contributed by atoms with Gasteiger partial charge in [0.2, 0.25) is 11.8 Å². The predicted octanol–water partition coefficient (Wildman–Crippen LogP) is 0.823.